The minimum absolute atomic E-state index is 0.165. The third-order valence-electron chi connectivity index (χ3n) is 3.91. The normalized spacial score (nSPS) is 22.2. The molecule has 110 valence electrons. The molecule has 1 aliphatic carbocycles. The maximum atomic E-state index is 11.8. The molecule has 19 heavy (non-hydrogen) atoms. The Labute approximate surface area is 116 Å². The lowest BCUT2D eigenvalue weighted by Gasteiger charge is -2.40. The standard InChI is InChI=1S/C15H28N2O2/c1-15(2,3)19-14(18)17-10-12(11-17)9-16-13-7-5-4-6-8-13/h12-13,16H,4-11H2,1-3H3. The smallest absolute Gasteiger partial charge is 0.410 e. The third-order valence-corrected chi connectivity index (χ3v) is 3.91. The van der Waals surface area contributed by atoms with Crippen LogP contribution in [-0.2, 0) is 4.74 Å². The van der Waals surface area contributed by atoms with Crippen LogP contribution in [0.5, 0.6) is 0 Å². The summed E-state index contributed by atoms with van der Waals surface area (Å²) in [5.74, 6) is 0.606. The van der Waals surface area contributed by atoms with Crippen LogP contribution in [0.4, 0.5) is 4.79 Å². The molecular weight excluding hydrogens is 240 g/mol. The van der Waals surface area contributed by atoms with Crippen molar-refractivity contribution in [2.24, 2.45) is 5.92 Å². The second-order valence-electron chi connectivity index (χ2n) is 6.99. The molecule has 0 atom stereocenters. The van der Waals surface area contributed by atoms with Crippen LogP contribution >= 0.6 is 0 Å². The number of ether oxygens (including phenoxy) is 1. The highest BCUT2D eigenvalue weighted by Crippen LogP contribution is 2.21. The van der Waals surface area contributed by atoms with Gasteiger partial charge in [0.2, 0.25) is 0 Å². The van der Waals surface area contributed by atoms with E-state index in [0.29, 0.717) is 12.0 Å². The molecule has 4 heteroatoms. The lowest BCUT2D eigenvalue weighted by molar-refractivity contribution is -0.00120. The highest BCUT2D eigenvalue weighted by Gasteiger charge is 2.33. The van der Waals surface area contributed by atoms with E-state index in [1.807, 2.05) is 20.8 Å². The number of amides is 1. The Morgan fingerprint density at radius 2 is 1.84 bits per heavy atom. The van der Waals surface area contributed by atoms with Crippen LogP contribution in [0.1, 0.15) is 52.9 Å². The van der Waals surface area contributed by atoms with Gasteiger partial charge in [-0.15, -0.1) is 0 Å². The fourth-order valence-electron chi connectivity index (χ4n) is 2.81. The molecule has 0 aromatic rings. The van der Waals surface area contributed by atoms with Gasteiger partial charge in [-0.2, -0.15) is 0 Å². The molecule has 1 amide bonds. The van der Waals surface area contributed by atoms with Gasteiger partial charge in [-0.25, -0.2) is 4.79 Å². The number of carbonyl (C=O) groups is 1. The van der Waals surface area contributed by atoms with Crippen molar-refractivity contribution in [3.63, 3.8) is 0 Å². The number of carbonyl (C=O) groups excluding carboxylic acids is 1. The summed E-state index contributed by atoms with van der Waals surface area (Å²) in [6, 6.07) is 0.712. The Bertz CT molecular complexity index is 300. The molecule has 0 unspecified atom stereocenters. The zero-order chi connectivity index (χ0) is 13.9. The second-order valence-corrected chi connectivity index (χ2v) is 6.99. The fraction of sp³-hybridized carbons (Fsp3) is 0.933. The van der Waals surface area contributed by atoms with Gasteiger partial charge in [0.25, 0.3) is 0 Å². The van der Waals surface area contributed by atoms with Crippen LogP contribution in [0, 0.1) is 5.92 Å². The predicted molar refractivity (Wildman–Crippen MR) is 76.2 cm³/mol. The van der Waals surface area contributed by atoms with Crippen molar-refractivity contribution in [1.82, 2.24) is 10.2 Å². The van der Waals surface area contributed by atoms with Gasteiger partial charge in [0, 0.05) is 31.6 Å². The molecule has 0 bridgehead atoms. The number of nitrogens with zero attached hydrogens (tertiary/aromatic N) is 1. The van der Waals surface area contributed by atoms with Gasteiger partial charge in [0.15, 0.2) is 0 Å². The minimum atomic E-state index is -0.386. The molecule has 0 aromatic carbocycles. The van der Waals surface area contributed by atoms with E-state index < -0.39 is 0 Å². The Kier molecular flexibility index (Phi) is 4.71. The monoisotopic (exact) mass is 268 g/mol. The van der Waals surface area contributed by atoms with E-state index in [1.165, 1.54) is 32.1 Å². The molecule has 1 heterocycles. The highest BCUT2D eigenvalue weighted by molar-refractivity contribution is 5.69. The topological polar surface area (TPSA) is 41.6 Å². The van der Waals surface area contributed by atoms with Gasteiger partial charge < -0.3 is 15.0 Å². The first-order chi connectivity index (χ1) is 8.94. The molecule has 0 radical (unpaired) electrons. The molecule has 1 N–H and O–H groups in total. The van der Waals surface area contributed by atoms with E-state index in [1.54, 1.807) is 4.90 Å². The molecule has 0 aromatic heterocycles. The van der Waals surface area contributed by atoms with Crippen molar-refractivity contribution < 1.29 is 9.53 Å². The SMILES string of the molecule is CC(C)(C)OC(=O)N1CC(CNC2CCCCC2)C1. The zero-order valence-electron chi connectivity index (χ0n) is 12.6. The number of rotatable bonds is 3. The largest absolute Gasteiger partial charge is 0.444 e. The van der Waals surface area contributed by atoms with Gasteiger partial charge in [-0.1, -0.05) is 19.3 Å². The van der Waals surface area contributed by atoms with E-state index >= 15 is 0 Å². The summed E-state index contributed by atoms with van der Waals surface area (Å²) in [6.45, 7) is 8.46. The lowest BCUT2D eigenvalue weighted by Crippen LogP contribution is -2.55. The number of hydrogen-bond acceptors (Lipinski definition) is 3. The minimum Gasteiger partial charge on any atom is -0.444 e. The second kappa shape index (κ2) is 6.12. The van der Waals surface area contributed by atoms with Crippen LogP contribution < -0.4 is 5.32 Å². The van der Waals surface area contributed by atoms with Crippen molar-refractivity contribution in [3.05, 3.63) is 0 Å². The third kappa shape index (κ3) is 4.68. The first-order valence-electron chi connectivity index (χ1n) is 7.65. The van der Waals surface area contributed by atoms with Crippen molar-refractivity contribution >= 4 is 6.09 Å². The summed E-state index contributed by atoms with van der Waals surface area (Å²) >= 11 is 0. The van der Waals surface area contributed by atoms with Crippen LogP contribution in [-0.4, -0.2) is 42.3 Å². The molecule has 0 spiro atoms. The maximum Gasteiger partial charge on any atom is 0.410 e. The molecule has 1 aliphatic heterocycles. The van der Waals surface area contributed by atoms with Crippen LogP contribution in [0.15, 0.2) is 0 Å². The molecule has 2 aliphatic rings. The molecule has 2 fully saturated rings. The average molecular weight is 268 g/mol. The maximum absolute atomic E-state index is 11.8. The van der Waals surface area contributed by atoms with Crippen LogP contribution in [0.2, 0.25) is 0 Å². The van der Waals surface area contributed by atoms with Crippen LogP contribution in [0.3, 0.4) is 0 Å². The van der Waals surface area contributed by atoms with Gasteiger partial charge >= 0.3 is 6.09 Å². The Hall–Kier alpha value is -0.770. The van der Waals surface area contributed by atoms with Gasteiger partial charge in [0.1, 0.15) is 5.60 Å². The summed E-state index contributed by atoms with van der Waals surface area (Å²) in [5.41, 5.74) is -0.386. The van der Waals surface area contributed by atoms with Crippen molar-refractivity contribution in [3.8, 4) is 0 Å². The summed E-state index contributed by atoms with van der Waals surface area (Å²) in [5, 5.41) is 3.65. The number of likely N-dealkylation sites (tertiary alicyclic amines) is 1. The Morgan fingerprint density at radius 1 is 1.21 bits per heavy atom. The van der Waals surface area contributed by atoms with E-state index in [0.717, 1.165) is 19.6 Å². The van der Waals surface area contributed by atoms with Gasteiger partial charge in [-0.05, 0) is 33.6 Å². The highest BCUT2D eigenvalue weighted by atomic mass is 16.6. The summed E-state index contributed by atoms with van der Waals surface area (Å²) in [7, 11) is 0. The molecule has 4 nitrogen and oxygen atoms in total. The Balaban J connectivity index is 1.59. The summed E-state index contributed by atoms with van der Waals surface area (Å²) < 4.78 is 5.35. The number of hydrogen-bond donors (Lipinski definition) is 1. The first kappa shape index (κ1) is 14.6. The van der Waals surface area contributed by atoms with E-state index in [9.17, 15) is 4.79 Å². The molecule has 1 saturated carbocycles. The van der Waals surface area contributed by atoms with Gasteiger partial charge in [0.05, 0.1) is 0 Å². The number of nitrogens with one attached hydrogen (secondary N) is 1. The quantitative estimate of drug-likeness (QED) is 0.855. The molecular formula is C15H28N2O2. The van der Waals surface area contributed by atoms with Crippen molar-refractivity contribution in [1.29, 1.82) is 0 Å². The summed E-state index contributed by atoms with van der Waals surface area (Å²) in [6.07, 6.45) is 6.61. The predicted octanol–water partition coefficient (Wildman–Crippen LogP) is 2.78. The zero-order valence-corrected chi connectivity index (χ0v) is 12.6. The summed E-state index contributed by atoms with van der Waals surface area (Å²) in [4.78, 5) is 13.6. The van der Waals surface area contributed by atoms with E-state index in [-0.39, 0.29) is 11.7 Å². The first-order valence-corrected chi connectivity index (χ1v) is 7.65. The van der Waals surface area contributed by atoms with E-state index in [2.05, 4.69) is 5.32 Å². The average Bonchev–Trinajstić information content (AvgIpc) is 2.25. The van der Waals surface area contributed by atoms with Crippen LogP contribution in [0.25, 0.3) is 0 Å². The van der Waals surface area contributed by atoms with Gasteiger partial charge in [-0.3, -0.25) is 0 Å². The van der Waals surface area contributed by atoms with Crippen molar-refractivity contribution in [2.75, 3.05) is 19.6 Å². The lowest BCUT2D eigenvalue weighted by atomic mass is 9.94. The van der Waals surface area contributed by atoms with E-state index in [4.69, 9.17) is 4.74 Å². The Morgan fingerprint density at radius 3 is 2.42 bits per heavy atom. The molecule has 2 rings (SSSR count). The molecule has 1 saturated heterocycles. The fourth-order valence-corrected chi connectivity index (χ4v) is 2.81. The van der Waals surface area contributed by atoms with Crippen molar-refractivity contribution in [2.45, 2.75) is 64.5 Å².